The SMILES string of the molecule is CCNC(=O)CNc1cc(Br)ccc1F. The lowest BCUT2D eigenvalue weighted by Gasteiger charge is -2.07. The maximum absolute atomic E-state index is 13.2. The molecule has 5 heteroatoms. The maximum atomic E-state index is 13.2. The molecule has 2 N–H and O–H groups in total. The van der Waals surface area contributed by atoms with E-state index < -0.39 is 0 Å². The van der Waals surface area contributed by atoms with Crippen molar-refractivity contribution >= 4 is 27.5 Å². The highest BCUT2D eigenvalue weighted by atomic mass is 79.9. The number of halogens is 2. The summed E-state index contributed by atoms with van der Waals surface area (Å²) in [6.07, 6.45) is 0. The van der Waals surface area contributed by atoms with Crippen LogP contribution in [-0.4, -0.2) is 19.0 Å². The summed E-state index contributed by atoms with van der Waals surface area (Å²) in [5.41, 5.74) is 0.315. The van der Waals surface area contributed by atoms with E-state index in [1.165, 1.54) is 6.07 Å². The average Bonchev–Trinajstić information content (AvgIpc) is 2.20. The molecule has 3 nitrogen and oxygen atoms in total. The molecule has 0 aliphatic heterocycles. The van der Waals surface area contributed by atoms with Crippen molar-refractivity contribution in [3.63, 3.8) is 0 Å². The number of rotatable bonds is 4. The predicted molar refractivity (Wildman–Crippen MR) is 61.3 cm³/mol. The van der Waals surface area contributed by atoms with Crippen LogP contribution in [-0.2, 0) is 4.79 Å². The first-order valence-corrected chi connectivity index (χ1v) is 5.38. The second-order valence-electron chi connectivity index (χ2n) is 2.93. The van der Waals surface area contributed by atoms with E-state index in [0.717, 1.165) is 4.47 Å². The lowest BCUT2D eigenvalue weighted by Crippen LogP contribution is -2.29. The molecule has 15 heavy (non-hydrogen) atoms. The quantitative estimate of drug-likeness (QED) is 0.883. The molecular formula is C10H12BrFN2O. The highest BCUT2D eigenvalue weighted by Crippen LogP contribution is 2.19. The number of carbonyl (C=O) groups excluding carboxylic acids is 1. The second kappa shape index (κ2) is 5.70. The molecule has 0 bridgehead atoms. The Labute approximate surface area is 96.2 Å². The average molecular weight is 275 g/mol. The van der Waals surface area contributed by atoms with Gasteiger partial charge in [0, 0.05) is 11.0 Å². The molecule has 0 radical (unpaired) electrons. The first-order chi connectivity index (χ1) is 7.13. The molecule has 0 aliphatic rings. The molecule has 1 amide bonds. The van der Waals surface area contributed by atoms with Crippen molar-refractivity contribution in [2.24, 2.45) is 0 Å². The summed E-state index contributed by atoms with van der Waals surface area (Å²) in [6, 6.07) is 4.53. The Kier molecular flexibility index (Phi) is 4.55. The summed E-state index contributed by atoms with van der Waals surface area (Å²) in [5, 5.41) is 5.34. The maximum Gasteiger partial charge on any atom is 0.239 e. The number of anilines is 1. The van der Waals surface area contributed by atoms with Crippen LogP contribution in [0.15, 0.2) is 22.7 Å². The number of carbonyl (C=O) groups is 1. The van der Waals surface area contributed by atoms with Gasteiger partial charge in [-0.25, -0.2) is 4.39 Å². The van der Waals surface area contributed by atoms with Crippen molar-refractivity contribution in [3.05, 3.63) is 28.5 Å². The highest BCUT2D eigenvalue weighted by Gasteiger charge is 2.04. The summed E-state index contributed by atoms with van der Waals surface area (Å²) in [5.74, 6) is -0.528. The Morgan fingerprint density at radius 2 is 2.27 bits per heavy atom. The van der Waals surface area contributed by atoms with Gasteiger partial charge in [-0.1, -0.05) is 15.9 Å². The first kappa shape index (κ1) is 12.0. The Morgan fingerprint density at radius 1 is 1.53 bits per heavy atom. The largest absolute Gasteiger partial charge is 0.374 e. The van der Waals surface area contributed by atoms with Crippen molar-refractivity contribution in [2.45, 2.75) is 6.92 Å². The molecule has 0 heterocycles. The number of nitrogens with one attached hydrogen (secondary N) is 2. The fourth-order valence-electron chi connectivity index (χ4n) is 1.07. The van der Waals surface area contributed by atoms with Crippen LogP contribution in [0, 0.1) is 5.82 Å². The molecule has 0 aromatic heterocycles. The monoisotopic (exact) mass is 274 g/mol. The molecule has 0 atom stereocenters. The predicted octanol–water partition coefficient (Wildman–Crippen LogP) is 2.14. The van der Waals surface area contributed by atoms with Crippen molar-refractivity contribution in [2.75, 3.05) is 18.4 Å². The molecular weight excluding hydrogens is 263 g/mol. The topological polar surface area (TPSA) is 41.1 Å². The Hall–Kier alpha value is -1.10. The molecule has 0 unspecified atom stereocenters. The first-order valence-electron chi connectivity index (χ1n) is 4.59. The van der Waals surface area contributed by atoms with Crippen LogP contribution in [0.1, 0.15) is 6.92 Å². The third-order valence-electron chi connectivity index (χ3n) is 1.74. The van der Waals surface area contributed by atoms with Crippen LogP contribution in [0.4, 0.5) is 10.1 Å². The van der Waals surface area contributed by atoms with Gasteiger partial charge >= 0.3 is 0 Å². The van der Waals surface area contributed by atoms with Gasteiger partial charge in [-0.05, 0) is 25.1 Å². The number of benzene rings is 1. The molecule has 1 aromatic carbocycles. The standard InChI is InChI=1S/C10H12BrFN2O/c1-2-13-10(15)6-14-9-5-7(11)3-4-8(9)12/h3-5,14H,2,6H2,1H3,(H,13,15). The van der Waals surface area contributed by atoms with E-state index in [1.807, 2.05) is 6.92 Å². The van der Waals surface area contributed by atoms with Crippen LogP contribution in [0.3, 0.4) is 0 Å². The molecule has 0 aliphatic carbocycles. The van der Waals surface area contributed by atoms with E-state index in [2.05, 4.69) is 26.6 Å². The molecule has 0 saturated heterocycles. The number of likely N-dealkylation sites (N-methyl/N-ethyl adjacent to an activating group) is 1. The molecule has 0 spiro atoms. The minimum absolute atomic E-state index is 0.0706. The summed E-state index contributed by atoms with van der Waals surface area (Å²) >= 11 is 3.23. The van der Waals surface area contributed by atoms with Crippen LogP contribution < -0.4 is 10.6 Å². The smallest absolute Gasteiger partial charge is 0.239 e. The van der Waals surface area contributed by atoms with Gasteiger partial charge in [0.25, 0.3) is 0 Å². The zero-order chi connectivity index (χ0) is 11.3. The minimum atomic E-state index is -0.373. The molecule has 1 rings (SSSR count). The Balaban J connectivity index is 2.57. The van der Waals surface area contributed by atoms with Crippen LogP contribution in [0.5, 0.6) is 0 Å². The third-order valence-corrected chi connectivity index (χ3v) is 2.24. The number of amides is 1. The van der Waals surface area contributed by atoms with Gasteiger partial charge in [-0.3, -0.25) is 4.79 Å². The zero-order valence-electron chi connectivity index (χ0n) is 8.31. The van der Waals surface area contributed by atoms with Gasteiger partial charge in [0.2, 0.25) is 5.91 Å². The van der Waals surface area contributed by atoms with E-state index in [1.54, 1.807) is 12.1 Å². The molecule has 0 saturated carbocycles. The summed E-state index contributed by atoms with van der Waals surface area (Å²) in [6.45, 7) is 2.47. The van der Waals surface area contributed by atoms with Gasteiger partial charge < -0.3 is 10.6 Å². The molecule has 0 fully saturated rings. The van der Waals surface area contributed by atoms with Crippen LogP contribution in [0.25, 0.3) is 0 Å². The zero-order valence-corrected chi connectivity index (χ0v) is 9.90. The summed E-state index contributed by atoms with van der Waals surface area (Å²) in [7, 11) is 0. The van der Waals surface area contributed by atoms with E-state index in [-0.39, 0.29) is 18.3 Å². The van der Waals surface area contributed by atoms with Crippen LogP contribution >= 0.6 is 15.9 Å². The van der Waals surface area contributed by atoms with Gasteiger partial charge in [0.05, 0.1) is 12.2 Å². The molecule has 1 aromatic rings. The van der Waals surface area contributed by atoms with Gasteiger partial charge in [-0.15, -0.1) is 0 Å². The minimum Gasteiger partial charge on any atom is -0.374 e. The lowest BCUT2D eigenvalue weighted by atomic mass is 10.3. The number of hydrogen-bond donors (Lipinski definition) is 2. The second-order valence-corrected chi connectivity index (χ2v) is 3.85. The summed E-state index contributed by atoms with van der Waals surface area (Å²) < 4.78 is 14.0. The van der Waals surface area contributed by atoms with E-state index in [9.17, 15) is 9.18 Å². The van der Waals surface area contributed by atoms with E-state index >= 15 is 0 Å². The van der Waals surface area contributed by atoms with Crippen LogP contribution in [0.2, 0.25) is 0 Å². The van der Waals surface area contributed by atoms with Gasteiger partial charge in [0.15, 0.2) is 0 Å². The van der Waals surface area contributed by atoms with E-state index in [4.69, 9.17) is 0 Å². The normalized spacial score (nSPS) is 9.80. The lowest BCUT2D eigenvalue weighted by molar-refractivity contribution is -0.119. The molecule has 82 valence electrons. The third kappa shape index (κ3) is 3.87. The fourth-order valence-corrected chi connectivity index (χ4v) is 1.43. The number of hydrogen-bond acceptors (Lipinski definition) is 2. The Bertz CT molecular complexity index is 357. The highest BCUT2D eigenvalue weighted by molar-refractivity contribution is 9.10. The van der Waals surface area contributed by atoms with Crippen molar-refractivity contribution in [1.82, 2.24) is 5.32 Å². The van der Waals surface area contributed by atoms with Gasteiger partial charge in [0.1, 0.15) is 5.82 Å². The van der Waals surface area contributed by atoms with E-state index in [0.29, 0.717) is 12.2 Å². The Morgan fingerprint density at radius 3 is 2.93 bits per heavy atom. The fraction of sp³-hybridized carbons (Fsp3) is 0.300. The van der Waals surface area contributed by atoms with Crippen molar-refractivity contribution in [3.8, 4) is 0 Å². The van der Waals surface area contributed by atoms with Crippen molar-refractivity contribution in [1.29, 1.82) is 0 Å². The van der Waals surface area contributed by atoms with Gasteiger partial charge in [-0.2, -0.15) is 0 Å². The summed E-state index contributed by atoms with van der Waals surface area (Å²) in [4.78, 5) is 11.1. The van der Waals surface area contributed by atoms with Crippen molar-refractivity contribution < 1.29 is 9.18 Å².